The lowest BCUT2D eigenvalue weighted by atomic mass is 10.0. The minimum Gasteiger partial charge on any atom is -0.466 e. The van der Waals surface area contributed by atoms with Crippen molar-refractivity contribution < 1.29 is 19.0 Å². The maximum atomic E-state index is 11.7. The zero-order chi connectivity index (χ0) is 22.1. The van der Waals surface area contributed by atoms with Gasteiger partial charge in [0.2, 0.25) is 0 Å². The molecule has 0 bridgehead atoms. The molecule has 180 valence electrons. The summed E-state index contributed by atoms with van der Waals surface area (Å²) in [6, 6.07) is 0. The van der Waals surface area contributed by atoms with Gasteiger partial charge in [-0.25, -0.2) is 0 Å². The molecule has 0 unspecified atom stereocenters. The van der Waals surface area contributed by atoms with E-state index >= 15 is 0 Å². The van der Waals surface area contributed by atoms with E-state index in [1.807, 2.05) is 0 Å². The van der Waals surface area contributed by atoms with E-state index < -0.39 is 0 Å². The molecule has 4 heteroatoms. The van der Waals surface area contributed by atoms with Crippen molar-refractivity contribution in [2.45, 2.75) is 124 Å². The van der Waals surface area contributed by atoms with Crippen LogP contribution in [0.5, 0.6) is 0 Å². The molecule has 0 fully saturated rings. The van der Waals surface area contributed by atoms with Crippen molar-refractivity contribution in [3.63, 3.8) is 0 Å². The molecule has 0 aliphatic carbocycles. The van der Waals surface area contributed by atoms with Crippen molar-refractivity contribution >= 4 is 5.97 Å². The molecule has 0 aromatic rings. The molecule has 0 atom stereocenters. The van der Waals surface area contributed by atoms with Crippen molar-refractivity contribution in [3.05, 3.63) is 0 Å². The molecule has 0 rings (SSSR count). The van der Waals surface area contributed by atoms with Gasteiger partial charge in [-0.2, -0.15) is 0 Å². The normalized spacial score (nSPS) is 11.3. The van der Waals surface area contributed by atoms with Crippen LogP contribution >= 0.6 is 0 Å². The molecule has 0 N–H and O–H groups in total. The van der Waals surface area contributed by atoms with Crippen LogP contribution < -0.4 is 0 Å². The molecule has 0 aromatic carbocycles. The Morgan fingerprint density at radius 1 is 0.600 bits per heavy atom. The lowest BCUT2D eigenvalue weighted by Gasteiger charge is -2.07. The third kappa shape index (κ3) is 25.4. The number of unbranched alkanes of at least 4 members (excludes halogenated alkanes) is 11. The van der Waals surface area contributed by atoms with E-state index in [4.69, 9.17) is 14.2 Å². The highest BCUT2D eigenvalue weighted by Gasteiger charge is 2.03. The maximum absolute atomic E-state index is 11.7. The Morgan fingerprint density at radius 3 is 1.70 bits per heavy atom. The summed E-state index contributed by atoms with van der Waals surface area (Å²) in [5.41, 5.74) is 0. The van der Waals surface area contributed by atoms with Gasteiger partial charge < -0.3 is 14.2 Å². The van der Waals surface area contributed by atoms with E-state index in [2.05, 4.69) is 20.8 Å². The van der Waals surface area contributed by atoms with Gasteiger partial charge in [0.25, 0.3) is 0 Å². The average molecular weight is 429 g/mol. The Kier molecular flexibility index (Phi) is 24.2. The fourth-order valence-electron chi connectivity index (χ4n) is 3.42. The monoisotopic (exact) mass is 428 g/mol. The van der Waals surface area contributed by atoms with Crippen molar-refractivity contribution in [2.24, 2.45) is 5.92 Å². The Balaban J connectivity index is 3.13. The van der Waals surface area contributed by atoms with E-state index in [0.29, 0.717) is 32.8 Å². The molecular weight excluding hydrogens is 376 g/mol. The molecule has 0 aliphatic rings. The fourth-order valence-corrected chi connectivity index (χ4v) is 3.42. The van der Waals surface area contributed by atoms with E-state index in [1.54, 1.807) is 0 Å². The van der Waals surface area contributed by atoms with Crippen LogP contribution in [0, 0.1) is 5.92 Å². The molecular formula is C26H52O4. The SMILES string of the molecule is CCCCCCCCCCCOCCOCCCC(=O)OCCCCCCC(C)C. The van der Waals surface area contributed by atoms with Crippen molar-refractivity contribution in [2.75, 3.05) is 33.0 Å². The molecule has 0 aromatic heterocycles. The third-order valence-corrected chi connectivity index (χ3v) is 5.37. The summed E-state index contributed by atoms with van der Waals surface area (Å²) in [6.07, 6.45) is 19.2. The van der Waals surface area contributed by atoms with Gasteiger partial charge in [0.1, 0.15) is 0 Å². The fraction of sp³-hybridized carbons (Fsp3) is 0.962. The first-order valence-corrected chi connectivity index (χ1v) is 13.0. The zero-order valence-corrected chi connectivity index (χ0v) is 20.6. The Morgan fingerprint density at radius 2 is 1.10 bits per heavy atom. The standard InChI is InChI=1S/C26H52O4/c1-4-5-6-7-8-9-10-12-15-20-28-23-24-29-21-17-19-26(27)30-22-16-13-11-14-18-25(2)3/h25H,4-24H2,1-3H3. The van der Waals surface area contributed by atoms with Crippen LogP contribution in [0.25, 0.3) is 0 Å². The summed E-state index contributed by atoms with van der Waals surface area (Å²) in [7, 11) is 0. The number of carbonyl (C=O) groups is 1. The highest BCUT2D eigenvalue weighted by atomic mass is 16.5. The summed E-state index contributed by atoms with van der Waals surface area (Å²) >= 11 is 0. The number of ether oxygens (including phenoxy) is 3. The zero-order valence-electron chi connectivity index (χ0n) is 20.6. The topological polar surface area (TPSA) is 44.8 Å². The van der Waals surface area contributed by atoms with E-state index in [9.17, 15) is 4.79 Å². The van der Waals surface area contributed by atoms with E-state index in [-0.39, 0.29) is 5.97 Å². The second-order valence-electron chi connectivity index (χ2n) is 8.97. The summed E-state index contributed by atoms with van der Waals surface area (Å²) in [5, 5.41) is 0. The van der Waals surface area contributed by atoms with Gasteiger partial charge in [0.05, 0.1) is 19.8 Å². The molecule has 0 spiro atoms. The summed E-state index contributed by atoms with van der Waals surface area (Å²) < 4.78 is 16.4. The Bertz CT molecular complexity index is 344. The van der Waals surface area contributed by atoms with Crippen LogP contribution in [0.2, 0.25) is 0 Å². The largest absolute Gasteiger partial charge is 0.466 e. The average Bonchev–Trinajstić information content (AvgIpc) is 2.72. The molecule has 30 heavy (non-hydrogen) atoms. The number of hydrogen-bond donors (Lipinski definition) is 0. The van der Waals surface area contributed by atoms with E-state index in [0.717, 1.165) is 38.2 Å². The Hall–Kier alpha value is -0.610. The molecule has 0 saturated heterocycles. The first-order chi connectivity index (χ1) is 14.7. The lowest BCUT2D eigenvalue weighted by molar-refractivity contribution is -0.144. The van der Waals surface area contributed by atoms with Crippen molar-refractivity contribution in [1.29, 1.82) is 0 Å². The van der Waals surface area contributed by atoms with Gasteiger partial charge in [-0.1, -0.05) is 97.8 Å². The van der Waals surface area contributed by atoms with Gasteiger partial charge in [-0.3, -0.25) is 4.79 Å². The highest BCUT2D eigenvalue weighted by Crippen LogP contribution is 2.10. The van der Waals surface area contributed by atoms with Crippen molar-refractivity contribution in [3.8, 4) is 0 Å². The third-order valence-electron chi connectivity index (χ3n) is 5.37. The Labute approximate surface area is 187 Å². The summed E-state index contributed by atoms with van der Waals surface area (Å²) in [6.45, 7) is 10.1. The second-order valence-corrected chi connectivity index (χ2v) is 8.97. The molecule has 4 nitrogen and oxygen atoms in total. The van der Waals surface area contributed by atoms with Gasteiger partial charge in [0, 0.05) is 19.6 Å². The van der Waals surface area contributed by atoms with Gasteiger partial charge in [-0.15, -0.1) is 0 Å². The molecule has 0 heterocycles. The van der Waals surface area contributed by atoms with Crippen LogP contribution in [0.3, 0.4) is 0 Å². The molecule has 0 saturated carbocycles. The summed E-state index contributed by atoms with van der Waals surface area (Å²) in [5.74, 6) is 0.693. The number of rotatable bonds is 24. The van der Waals surface area contributed by atoms with Crippen LogP contribution in [-0.4, -0.2) is 39.0 Å². The second kappa shape index (κ2) is 24.7. The van der Waals surface area contributed by atoms with E-state index in [1.165, 1.54) is 70.6 Å². The number of carbonyl (C=O) groups excluding carboxylic acids is 1. The predicted molar refractivity (Wildman–Crippen MR) is 127 cm³/mol. The quantitative estimate of drug-likeness (QED) is 0.118. The molecule has 0 amide bonds. The van der Waals surface area contributed by atoms with Gasteiger partial charge >= 0.3 is 5.97 Å². The minimum absolute atomic E-state index is 0.0950. The minimum atomic E-state index is -0.0950. The van der Waals surface area contributed by atoms with Gasteiger partial charge in [-0.05, 0) is 25.2 Å². The predicted octanol–water partition coefficient (Wildman–Crippen LogP) is 7.48. The molecule has 0 radical (unpaired) electrons. The number of hydrogen-bond acceptors (Lipinski definition) is 4. The smallest absolute Gasteiger partial charge is 0.305 e. The van der Waals surface area contributed by atoms with Crippen molar-refractivity contribution in [1.82, 2.24) is 0 Å². The highest BCUT2D eigenvalue weighted by molar-refractivity contribution is 5.69. The van der Waals surface area contributed by atoms with Gasteiger partial charge in [0.15, 0.2) is 0 Å². The number of esters is 1. The first-order valence-electron chi connectivity index (χ1n) is 13.0. The van der Waals surface area contributed by atoms with Crippen LogP contribution in [-0.2, 0) is 19.0 Å². The first kappa shape index (κ1) is 29.4. The summed E-state index contributed by atoms with van der Waals surface area (Å²) in [4.78, 5) is 11.7. The molecule has 0 aliphatic heterocycles. The lowest BCUT2D eigenvalue weighted by Crippen LogP contribution is -2.09. The van der Waals surface area contributed by atoms with Crippen LogP contribution in [0.1, 0.15) is 124 Å². The maximum Gasteiger partial charge on any atom is 0.305 e. The van der Waals surface area contributed by atoms with Crippen LogP contribution in [0.15, 0.2) is 0 Å². The van der Waals surface area contributed by atoms with Crippen LogP contribution in [0.4, 0.5) is 0 Å².